The molecule has 2 nitrogen and oxygen atoms in total. The maximum atomic E-state index is 10.8. The van der Waals surface area contributed by atoms with Crippen LogP contribution in [-0.2, 0) is 0 Å². The first-order valence-electron chi connectivity index (χ1n) is 3.55. The Morgan fingerprint density at radius 1 is 1.27 bits per heavy atom. The van der Waals surface area contributed by atoms with Crippen LogP contribution in [-0.4, -0.2) is 9.22 Å². The molecule has 0 saturated heterocycles. The maximum absolute atomic E-state index is 10.8. The van der Waals surface area contributed by atoms with Crippen LogP contribution in [0.2, 0.25) is 5.02 Å². The van der Waals surface area contributed by atoms with Crippen molar-refractivity contribution in [3.05, 3.63) is 28.8 Å². The normalized spacial score (nSPS) is 11.3. The largest absolute Gasteiger partial charge is 0.444 e. The van der Waals surface area contributed by atoms with Crippen molar-refractivity contribution >= 4 is 63.2 Å². The van der Waals surface area contributed by atoms with Crippen molar-refractivity contribution in [2.75, 3.05) is 0 Å². The molecule has 1 aromatic carbocycles. The fourth-order valence-electron chi connectivity index (χ4n) is 0.831. The number of benzene rings is 1. The van der Waals surface area contributed by atoms with Crippen molar-refractivity contribution in [3.8, 4) is 5.75 Å². The molecule has 0 atom stereocenters. The van der Waals surface area contributed by atoms with Gasteiger partial charge < -0.3 is 4.74 Å². The third-order valence-electron chi connectivity index (χ3n) is 1.38. The fourth-order valence-corrected chi connectivity index (χ4v) is 1.42. The summed E-state index contributed by atoms with van der Waals surface area (Å²) in [7, 11) is 0. The number of rotatable bonds is 2. The lowest BCUT2D eigenvalue weighted by Gasteiger charge is -2.14. The van der Waals surface area contributed by atoms with E-state index in [-0.39, 0.29) is 16.3 Å². The highest BCUT2D eigenvalue weighted by Gasteiger charge is 2.23. The molecule has 1 rings (SSSR count). The van der Waals surface area contributed by atoms with Gasteiger partial charge in [0.1, 0.15) is 5.75 Å². The van der Waals surface area contributed by atoms with Crippen LogP contribution >= 0.6 is 58.0 Å². The van der Waals surface area contributed by atoms with Crippen LogP contribution in [0.3, 0.4) is 0 Å². The van der Waals surface area contributed by atoms with E-state index in [9.17, 15) is 4.79 Å². The molecule has 82 valence electrons. The van der Waals surface area contributed by atoms with E-state index < -0.39 is 9.22 Å². The summed E-state index contributed by atoms with van der Waals surface area (Å²) in [5.74, 6) is 0.151. The van der Waals surface area contributed by atoms with Gasteiger partial charge in [-0.1, -0.05) is 11.6 Å². The molecule has 0 aliphatic heterocycles. The van der Waals surface area contributed by atoms with E-state index in [2.05, 4.69) is 0 Å². The van der Waals surface area contributed by atoms with Gasteiger partial charge in [-0.15, -0.1) is 0 Å². The molecule has 0 spiro atoms. The SMILES string of the molecule is O=C(Cl)c1ccc(OC(Cl)(Cl)Cl)c(Cl)c1. The number of hydrogen-bond donors (Lipinski definition) is 0. The number of hydrogen-bond acceptors (Lipinski definition) is 2. The van der Waals surface area contributed by atoms with Gasteiger partial charge >= 0.3 is 3.98 Å². The number of carbonyl (C=O) groups excluding carboxylic acids is 1. The minimum Gasteiger partial charge on any atom is -0.444 e. The molecule has 0 aliphatic rings. The van der Waals surface area contributed by atoms with Gasteiger partial charge in [0, 0.05) is 5.56 Å². The van der Waals surface area contributed by atoms with E-state index in [1.807, 2.05) is 0 Å². The lowest BCUT2D eigenvalue weighted by molar-refractivity contribution is 0.108. The van der Waals surface area contributed by atoms with Crippen LogP contribution in [0.1, 0.15) is 10.4 Å². The molecule has 0 unspecified atom stereocenters. The lowest BCUT2D eigenvalue weighted by Crippen LogP contribution is -2.12. The minimum absolute atomic E-state index is 0.132. The molecule has 0 bridgehead atoms. The Bertz CT molecular complexity index is 385. The Balaban J connectivity index is 2.99. The topological polar surface area (TPSA) is 26.3 Å². The summed E-state index contributed by atoms with van der Waals surface area (Å²) < 4.78 is 2.97. The third-order valence-corrected chi connectivity index (χ3v) is 2.13. The quantitative estimate of drug-likeness (QED) is 0.597. The molecule has 0 amide bonds. The van der Waals surface area contributed by atoms with Gasteiger partial charge in [-0.05, 0) is 64.6 Å². The zero-order valence-corrected chi connectivity index (χ0v) is 10.7. The van der Waals surface area contributed by atoms with Crippen LogP contribution in [0.4, 0.5) is 0 Å². The number of ether oxygens (including phenoxy) is 1. The molecule has 0 aromatic heterocycles. The Kier molecular flexibility index (Phi) is 4.38. The molecule has 0 aliphatic carbocycles. The highest BCUT2D eigenvalue weighted by atomic mass is 35.6. The average molecular weight is 308 g/mol. The van der Waals surface area contributed by atoms with E-state index in [0.29, 0.717) is 0 Å². The van der Waals surface area contributed by atoms with Gasteiger partial charge in [-0.25, -0.2) is 0 Å². The van der Waals surface area contributed by atoms with Gasteiger partial charge in [-0.3, -0.25) is 4.79 Å². The van der Waals surface area contributed by atoms with Crippen LogP contribution < -0.4 is 4.74 Å². The second-order valence-corrected chi connectivity index (χ2v) is 5.39. The summed E-state index contributed by atoms with van der Waals surface area (Å²) in [4.78, 5) is 10.8. The van der Waals surface area contributed by atoms with E-state index in [1.54, 1.807) is 0 Å². The van der Waals surface area contributed by atoms with E-state index in [0.717, 1.165) is 0 Å². The molecule has 1 aromatic rings. The van der Waals surface area contributed by atoms with Crippen molar-refractivity contribution < 1.29 is 9.53 Å². The second-order valence-electron chi connectivity index (χ2n) is 2.47. The molecular weight excluding hydrogens is 305 g/mol. The average Bonchev–Trinajstić information content (AvgIpc) is 2.05. The Hall–Kier alpha value is 0.140. The van der Waals surface area contributed by atoms with E-state index in [4.69, 9.17) is 62.7 Å². The summed E-state index contributed by atoms with van der Waals surface area (Å²) in [5.41, 5.74) is 0.235. The predicted octanol–water partition coefficient (Wildman–Crippen LogP) is 4.43. The molecule has 0 N–H and O–H groups in total. The summed E-state index contributed by atoms with van der Waals surface area (Å²) in [6.07, 6.45) is 0. The van der Waals surface area contributed by atoms with E-state index in [1.165, 1.54) is 18.2 Å². The summed E-state index contributed by atoms with van der Waals surface area (Å²) >= 11 is 27.2. The second kappa shape index (κ2) is 4.98. The minimum atomic E-state index is -1.91. The first kappa shape index (κ1) is 13.2. The van der Waals surface area contributed by atoms with Gasteiger partial charge in [-0.2, -0.15) is 0 Å². The Labute approximate surface area is 111 Å². The van der Waals surface area contributed by atoms with Crippen LogP contribution in [0.5, 0.6) is 5.75 Å². The number of carbonyl (C=O) groups is 1. The van der Waals surface area contributed by atoms with Crippen molar-refractivity contribution in [1.29, 1.82) is 0 Å². The highest BCUT2D eigenvalue weighted by molar-refractivity contribution is 6.68. The zero-order valence-electron chi connectivity index (χ0n) is 6.94. The van der Waals surface area contributed by atoms with Crippen molar-refractivity contribution in [3.63, 3.8) is 0 Å². The van der Waals surface area contributed by atoms with Crippen molar-refractivity contribution in [2.24, 2.45) is 0 Å². The first-order valence-corrected chi connectivity index (χ1v) is 5.44. The maximum Gasteiger partial charge on any atom is 0.338 e. The number of alkyl halides is 3. The van der Waals surface area contributed by atoms with Crippen molar-refractivity contribution in [1.82, 2.24) is 0 Å². The molecule has 7 heteroatoms. The molecule has 0 radical (unpaired) electrons. The van der Waals surface area contributed by atoms with E-state index >= 15 is 0 Å². The van der Waals surface area contributed by atoms with Crippen LogP contribution in [0.25, 0.3) is 0 Å². The smallest absolute Gasteiger partial charge is 0.338 e. The monoisotopic (exact) mass is 306 g/mol. The third kappa shape index (κ3) is 4.25. The van der Waals surface area contributed by atoms with Crippen LogP contribution in [0, 0.1) is 0 Å². The van der Waals surface area contributed by atoms with Gasteiger partial charge in [0.25, 0.3) is 5.24 Å². The predicted molar refractivity (Wildman–Crippen MR) is 62.6 cm³/mol. The van der Waals surface area contributed by atoms with Gasteiger partial charge in [0.2, 0.25) is 0 Å². The molecule has 0 heterocycles. The van der Waals surface area contributed by atoms with Crippen molar-refractivity contribution in [2.45, 2.75) is 3.98 Å². The number of halogens is 5. The summed E-state index contributed by atoms with van der Waals surface area (Å²) in [5, 5.41) is -0.495. The highest BCUT2D eigenvalue weighted by Crippen LogP contribution is 2.34. The fraction of sp³-hybridized carbons (Fsp3) is 0.125. The molecular formula is C8H3Cl5O2. The molecule has 15 heavy (non-hydrogen) atoms. The van der Waals surface area contributed by atoms with Gasteiger partial charge in [0.05, 0.1) is 5.02 Å². The summed E-state index contributed by atoms with van der Waals surface area (Å²) in [6.45, 7) is 0. The molecule has 0 fully saturated rings. The first-order chi connectivity index (χ1) is 6.79. The van der Waals surface area contributed by atoms with Crippen LogP contribution in [0.15, 0.2) is 18.2 Å². The Morgan fingerprint density at radius 2 is 1.87 bits per heavy atom. The summed E-state index contributed by atoms with van der Waals surface area (Å²) in [6, 6.07) is 4.12. The standard InChI is InChI=1S/C8H3Cl5O2/c9-5-3-4(7(10)14)1-2-6(5)15-8(11,12)13/h1-3H. The van der Waals surface area contributed by atoms with Gasteiger partial charge in [0.15, 0.2) is 0 Å². The lowest BCUT2D eigenvalue weighted by atomic mass is 10.2. The zero-order chi connectivity index (χ0) is 11.6. The molecule has 0 saturated carbocycles. The Morgan fingerprint density at radius 3 is 2.27 bits per heavy atom.